The highest BCUT2D eigenvalue weighted by Gasteiger charge is 2.25. The molecule has 2 heterocycles. The Bertz CT molecular complexity index is 1050. The second-order valence-corrected chi connectivity index (χ2v) is 8.76. The molecular formula is C23H26BrN3O2. The molecule has 0 bridgehead atoms. The number of ether oxygens (including phenoxy) is 1. The van der Waals surface area contributed by atoms with E-state index >= 15 is 0 Å². The van der Waals surface area contributed by atoms with Gasteiger partial charge in [0.25, 0.3) is 5.91 Å². The monoisotopic (exact) mass is 455 g/mol. The van der Waals surface area contributed by atoms with Crippen LogP contribution in [0, 0.1) is 19.8 Å². The highest BCUT2D eigenvalue weighted by molar-refractivity contribution is 9.10. The van der Waals surface area contributed by atoms with Crippen LogP contribution in [0.4, 0.5) is 0 Å². The standard InChI is InChI=1S/C23H26BrN3O2/c1-15-10-21-22(11-16(15)2)27(14-25-21)13-17-6-8-26(9-7-17)23(28)19-12-18(29-3)4-5-20(19)24/h4-5,10-12,14,17H,6-9,13H2,1-3H3. The van der Waals surface area contributed by atoms with Crippen molar-refractivity contribution in [1.82, 2.24) is 14.5 Å². The lowest BCUT2D eigenvalue weighted by molar-refractivity contribution is 0.0682. The van der Waals surface area contributed by atoms with Crippen LogP contribution in [0.3, 0.4) is 0 Å². The molecule has 4 rings (SSSR count). The van der Waals surface area contributed by atoms with Gasteiger partial charge >= 0.3 is 0 Å². The van der Waals surface area contributed by atoms with E-state index in [2.05, 4.69) is 51.5 Å². The molecule has 0 radical (unpaired) electrons. The summed E-state index contributed by atoms with van der Waals surface area (Å²) in [6, 6.07) is 9.92. The maximum Gasteiger partial charge on any atom is 0.255 e. The lowest BCUT2D eigenvalue weighted by Crippen LogP contribution is -2.39. The summed E-state index contributed by atoms with van der Waals surface area (Å²) in [4.78, 5) is 19.5. The topological polar surface area (TPSA) is 47.4 Å². The van der Waals surface area contributed by atoms with Crippen LogP contribution in [-0.4, -0.2) is 40.6 Å². The normalized spacial score (nSPS) is 15.1. The summed E-state index contributed by atoms with van der Waals surface area (Å²) < 4.78 is 8.35. The minimum Gasteiger partial charge on any atom is -0.497 e. The van der Waals surface area contributed by atoms with Gasteiger partial charge in [-0.05, 0) is 90.0 Å². The predicted octanol–water partition coefficient (Wildman–Crippen LogP) is 4.98. The van der Waals surface area contributed by atoms with Gasteiger partial charge in [-0.15, -0.1) is 0 Å². The van der Waals surface area contributed by atoms with E-state index in [0.717, 1.165) is 42.5 Å². The van der Waals surface area contributed by atoms with E-state index in [4.69, 9.17) is 4.74 Å². The van der Waals surface area contributed by atoms with Gasteiger partial charge in [0.2, 0.25) is 0 Å². The zero-order valence-corrected chi connectivity index (χ0v) is 18.7. The van der Waals surface area contributed by atoms with Gasteiger partial charge in [-0.25, -0.2) is 4.98 Å². The highest BCUT2D eigenvalue weighted by atomic mass is 79.9. The Morgan fingerprint density at radius 3 is 2.62 bits per heavy atom. The minimum absolute atomic E-state index is 0.0633. The Morgan fingerprint density at radius 2 is 1.90 bits per heavy atom. The van der Waals surface area contributed by atoms with Gasteiger partial charge in [-0.2, -0.15) is 0 Å². The third kappa shape index (κ3) is 4.04. The second-order valence-electron chi connectivity index (χ2n) is 7.90. The third-order valence-electron chi connectivity index (χ3n) is 6.00. The number of nitrogens with zero attached hydrogens (tertiary/aromatic N) is 3. The second kappa shape index (κ2) is 8.19. The molecule has 3 aromatic rings. The SMILES string of the molecule is COc1ccc(Br)c(C(=O)N2CCC(Cn3cnc4cc(C)c(C)cc43)CC2)c1. The van der Waals surface area contributed by atoms with Gasteiger partial charge in [0.1, 0.15) is 5.75 Å². The molecule has 1 aliphatic rings. The molecule has 0 aliphatic carbocycles. The molecule has 0 unspecified atom stereocenters. The predicted molar refractivity (Wildman–Crippen MR) is 119 cm³/mol. The highest BCUT2D eigenvalue weighted by Crippen LogP contribution is 2.27. The molecule has 6 heteroatoms. The number of aromatic nitrogens is 2. The summed E-state index contributed by atoms with van der Waals surface area (Å²) >= 11 is 3.50. The van der Waals surface area contributed by atoms with Crippen LogP contribution < -0.4 is 4.74 Å². The fraction of sp³-hybridized carbons (Fsp3) is 0.391. The summed E-state index contributed by atoms with van der Waals surface area (Å²) in [5, 5.41) is 0. The Balaban J connectivity index is 1.42. The van der Waals surface area contributed by atoms with E-state index in [1.54, 1.807) is 13.2 Å². The number of methoxy groups -OCH3 is 1. The molecule has 1 saturated heterocycles. The van der Waals surface area contributed by atoms with E-state index in [1.807, 2.05) is 23.4 Å². The molecular weight excluding hydrogens is 430 g/mol. The molecule has 1 amide bonds. The number of carbonyl (C=O) groups is 1. The van der Waals surface area contributed by atoms with Crippen molar-refractivity contribution >= 4 is 32.9 Å². The number of likely N-dealkylation sites (tertiary alicyclic amines) is 1. The van der Waals surface area contributed by atoms with Crippen molar-refractivity contribution in [2.24, 2.45) is 5.92 Å². The number of imidazole rings is 1. The summed E-state index contributed by atoms with van der Waals surface area (Å²) in [7, 11) is 1.62. The van der Waals surface area contributed by atoms with Gasteiger partial charge < -0.3 is 14.2 Å². The van der Waals surface area contributed by atoms with Crippen molar-refractivity contribution in [1.29, 1.82) is 0 Å². The van der Waals surface area contributed by atoms with E-state index < -0.39 is 0 Å². The average Bonchev–Trinajstić information content (AvgIpc) is 3.10. The number of benzene rings is 2. The fourth-order valence-electron chi connectivity index (χ4n) is 4.02. The Labute approximate surface area is 179 Å². The molecule has 0 N–H and O–H groups in total. The first kappa shape index (κ1) is 20.0. The van der Waals surface area contributed by atoms with Crippen LogP contribution in [-0.2, 0) is 6.54 Å². The number of fused-ring (bicyclic) bond motifs is 1. The van der Waals surface area contributed by atoms with Crippen LogP contribution in [0.25, 0.3) is 11.0 Å². The molecule has 1 aliphatic heterocycles. The van der Waals surface area contributed by atoms with Crippen LogP contribution in [0.15, 0.2) is 41.1 Å². The number of hydrogen-bond donors (Lipinski definition) is 0. The summed E-state index contributed by atoms with van der Waals surface area (Å²) in [5.41, 5.74) is 5.49. The van der Waals surface area contributed by atoms with Crippen LogP contribution in [0.1, 0.15) is 34.3 Å². The van der Waals surface area contributed by atoms with Gasteiger partial charge in [-0.1, -0.05) is 0 Å². The number of rotatable bonds is 4. The quantitative estimate of drug-likeness (QED) is 0.557. The maximum atomic E-state index is 13.0. The molecule has 0 atom stereocenters. The molecule has 2 aromatic carbocycles. The van der Waals surface area contributed by atoms with Crippen molar-refractivity contribution in [2.75, 3.05) is 20.2 Å². The largest absolute Gasteiger partial charge is 0.497 e. The van der Waals surface area contributed by atoms with E-state index in [0.29, 0.717) is 17.2 Å². The molecule has 5 nitrogen and oxygen atoms in total. The molecule has 29 heavy (non-hydrogen) atoms. The Morgan fingerprint density at radius 1 is 1.17 bits per heavy atom. The van der Waals surface area contributed by atoms with Crippen molar-refractivity contribution in [2.45, 2.75) is 33.2 Å². The smallest absolute Gasteiger partial charge is 0.255 e. The van der Waals surface area contributed by atoms with Crippen molar-refractivity contribution in [3.8, 4) is 5.75 Å². The van der Waals surface area contributed by atoms with Gasteiger partial charge in [0, 0.05) is 24.1 Å². The molecule has 0 saturated carbocycles. The molecule has 0 spiro atoms. The van der Waals surface area contributed by atoms with E-state index in [1.165, 1.54) is 16.6 Å². The number of hydrogen-bond acceptors (Lipinski definition) is 3. The lowest BCUT2D eigenvalue weighted by atomic mass is 9.96. The first-order valence-corrected chi connectivity index (χ1v) is 10.8. The van der Waals surface area contributed by atoms with Crippen molar-refractivity contribution in [3.63, 3.8) is 0 Å². The number of aryl methyl sites for hydroxylation is 2. The van der Waals surface area contributed by atoms with Crippen molar-refractivity contribution in [3.05, 3.63) is 57.8 Å². The van der Waals surface area contributed by atoms with Gasteiger partial charge in [0.05, 0.1) is 30.0 Å². The van der Waals surface area contributed by atoms with Crippen molar-refractivity contribution < 1.29 is 9.53 Å². The summed E-state index contributed by atoms with van der Waals surface area (Å²) in [6.07, 6.45) is 3.95. The fourth-order valence-corrected chi connectivity index (χ4v) is 4.44. The minimum atomic E-state index is 0.0633. The number of piperidine rings is 1. The Hall–Kier alpha value is -2.34. The lowest BCUT2D eigenvalue weighted by Gasteiger charge is -2.32. The first-order chi connectivity index (χ1) is 14.0. The zero-order valence-electron chi connectivity index (χ0n) is 17.1. The van der Waals surface area contributed by atoms with Crippen LogP contribution in [0.5, 0.6) is 5.75 Å². The first-order valence-electron chi connectivity index (χ1n) is 10.0. The van der Waals surface area contributed by atoms with E-state index in [-0.39, 0.29) is 5.91 Å². The third-order valence-corrected chi connectivity index (χ3v) is 6.69. The van der Waals surface area contributed by atoms with Crippen LogP contribution in [0.2, 0.25) is 0 Å². The number of amides is 1. The molecule has 152 valence electrons. The van der Waals surface area contributed by atoms with Crippen LogP contribution >= 0.6 is 15.9 Å². The average molecular weight is 456 g/mol. The molecule has 1 fully saturated rings. The van der Waals surface area contributed by atoms with Gasteiger partial charge in [-0.3, -0.25) is 4.79 Å². The summed E-state index contributed by atoms with van der Waals surface area (Å²) in [6.45, 7) is 6.77. The number of carbonyl (C=O) groups excluding carboxylic acids is 1. The van der Waals surface area contributed by atoms with Gasteiger partial charge in [0.15, 0.2) is 0 Å². The van der Waals surface area contributed by atoms with E-state index in [9.17, 15) is 4.79 Å². The maximum absolute atomic E-state index is 13.0. The summed E-state index contributed by atoms with van der Waals surface area (Å²) in [5.74, 6) is 1.31. The molecule has 1 aromatic heterocycles. The number of halogens is 1. The Kier molecular flexibility index (Phi) is 5.63. The zero-order chi connectivity index (χ0) is 20.5.